The van der Waals surface area contributed by atoms with Gasteiger partial charge in [-0.1, -0.05) is 39.7 Å². The average Bonchev–Trinajstić information content (AvgIpc) is 3.25. The van der Waals surface area contributed by atoms with E-state index in [0.717, 1.165) is 21.5 Å². The van der Waals surface area contributed by atoms with Crippen LogP contribution in [0.2, 0.25) is 5.02 Å². The summed E-state index contributed by atoms with van der Waals surface area (Å²) in [7, 11) is 0. The van der Waals surface area contributed by atoms with Crippen molar-refractivity contribution in [2.45, 2.75) is 0 Å². The normalized spacial score (nSPS) is 16.9. The smallest absolute Gasteiger partial charge is 0.264 e. The first-order chi connectivity index (χ1) is 13.1. The van der Waals surface area contributed by atoms with Crippen LogP contribution in [0.25, 0.3) is 17.4 Å². The Labute approximate surface area is 173 Å². The van der Waals surface area contributed by atoms with Crippen LogP contribution < -0.4 is 5.32 Å². The third-order valence-corrected chi connectivity index (χ3v) is 5.43. The lowest BCUT2D eigenvalue weighted by molar-refractivity contribution is -0.115. The number of amides is 1. The minimum Gasteiger partial charge on any atom is -0.457 e. The van der Waals surface area contributed by atoms with Gasteiger partial charge in [-0.2, -0.15) is 0 Å². The fraction of sp³-hybridized carbons (Fsp3) is 0. The second-order valence-corrected chi connectivity index (χ2v) is 8.05. The van der Waals surface area contributed by atoms with Gasteiger partial charge in [-0.05, 0) is 60.3 Å². The van der Waals surface area contributed by atoms with E-state index in [0.29, 0.717) is 20.9 Å². The van der Waals surface area contributed by atoms with Crippen LogP contribution in [0.4, 0.5) is 5.69 Å². The van der Waals surface area contributed by atoms with Crippen molar-refractivity contribution in [2.24, 2.45) is 4.99 Å². The Bertz CT molecular complexity index is 1060. The predicted octanol–water partition coefficient (Wildman–Crippen LogP) is 6.25. The number of rotatable bonds is 3. The van der Waals surface area contributed by atoms with Gasteiger partial charge in [-0.15, -0.1) is 0 Å². The molecule has 4 nitrogen and oxygen atoms in total. The average molecular weight is 460 g/mol. The van der Waals surface area contributed by atoms with Gasteiger partial charge in [0.15, 0.2) is 5.17 Å². The van der Waals surface area contributed by atoms with E-state index < -0.39 is 0 Å². The van der Waals surface area contributed by atoms with E-state index in [1.54, 1.807) is 30.3 Å². The Kier molecular flexibility index (Phi) is 5.20. The molecule has 1 aliphatic rings. The first-order valence-corrected chi connectivity index (χ1v) is 9.96. The molecule has 134 valence electrons. The van der Waals surface area contributed by atoms with Crippen molar-refractivity contribution >= 4 is 62.1 Å². The molecule has 0 aliphatic carbocycles. The highest BCUT2D eigenvalue weighted by Gasteiger charge is 2.24. The van der Waals surface area contributed by atoms with Gasteiger partial charge < -0.3 is 9.73 Å². The van der Waals surface area contributed by atoms with Crippen molar-refractivity contribution in [3.63, 3.8) is 0 Å². The lowest BCUT2D eigenvalue weighted by Crippen LogP contribution is -2.19. The molecule has 1 saturated heterocycles. The number of halogens is 2. The minimum atomic E-state index is -0.200. The van der Waals surface area contributed by atoms with Crippen LogP contribution in [0.1, 0.15) is 5.76 Å². The summed E-state index contributed by atoms with van der Waals surface area (Å²) >= 11 is 10.6. The maximum absolute atomic E-state index is 12.2. The molecule has 1 aliphatic heterocycles. The van der Waals surface area contributed by atoms with Crippen molar-refractivity contribution in [2.75, 3.05) is 0 Å². The SMILES string of the molecule is O=C1NC(=Nc2ccc(Cl)cc2)S/C1=C/c1ccc(-c2ccc(Br)cc2)o1. The highest BCUT2D eigenvalue weighted by molar-refractivity contribution is 9.10. The molecule has 0 unspecified atom stereocenters. The molecule has 0 atom stereocenters. The van der Waals surface area contributed by atoms with Gasteiger partial charge in [0, 0.05) is 21.1 Å². The van der Waals surface area contributed by atoms with Crippen LogP contribution >= 0.6 is 39.3 Å². The zero-order valence-electron chi connectivity index (χ0n) is 13.8. The largest absolute Gasteiger partial charge is 0.457 e. The second kappa shape index (κ2) is 7.76. The van der Waals surface area contributed by atoms with Gasteiger partial charge in [0.1, 0.15) is 11.5 Å². The van der Waals surface area contributed by atoms with Gasteiger partial charge >= 0.3 is 0 Å². The summed E-state index contributed by atoms with van der Waals surface area (Å²) in [6, 6.07) is 18.7. The Hall–Kier alpha value is -2.28. The number of amidine groups is 1. The standard InChI is InChI=1S/C20H12BrClN2O2S/c21-13-3-1-12(2-4-13)17-10-9-16(26-17)11-18-19(25)24-20(27-18)23-15-7-5-14(22)6-8-15/h1-11H,(H,23,24,25)/b18-11+. The number of thioether (sulfide) groups is 1. The second-order valence-electron chi connectivity index (χ2n) is 5.67. The highest BCUT2D eigenvalue weighted by atomic mass is 79.9. The van der Waals surface area contributed by atoms with E-state index in [4.69, 9.17) is 16.0 Å². The molecule has 2 heterocycles. The van der Waals surface area contributed by atoms with E-state index in [2.05, 4.69) is 26.2 Å². The van der Waals surface area contributed by atoms with Gasteiger partial charge in [-0.3, -0.25) is 4.79 Å². The molecule has 0 bridgehead atoms. The molecule has 1 aromatic heterocycles. The maximum atomic E-state index is 12.2. The molecule has 1 N–H and O–H groups in total. The van der Waals surface area contributed by atoms with Crippen LogP contribution in [0, 0.1) is 0 Å². The number of benzene rings is 2. The Morgan fingerprint density at radius 3 is 2.52 bits per heavy atom. The van der Waals surface area contributed by atoms with Gasteiger partial charge in [0.05, 0.1) is 10.6 Å². The predicted molar refractivity (Wildman–Crippen MR) is 114 cm³/mol. The number of furan rings is 1. The Morgan fingerprint density at radius 2 is 1.78 bits per heavy atom. The van der Waals surface area contributed by atoms with Crippen LogP contribution in [-0.2, 0) is 4.79 Å². The first kappa shape index (κ1) is 18.1. The molecule has 3 aromatic rings. The minimum absolute atomic E-state index is 0.200. The van der Waals surface area contributed by atoms with Crippen molar-refractivity contribution in [3.05, 3.63) is 80.8 Å². The number of hydrogen-bond donors (Lipinski definition) is 1. The monoisotopic (exact) mass is 458 g/mol. The topological polar surface area (TPSA) is 54.6 Å². The third kappa shape index (κ3) is 4.35. The fourth-order valence-corrected chi connectivity index (χ4v) is 3.65. The first-order valence-electron chi connectivity index (χ1n) is 7.98. The van der Waals surface area contributed by atoms with E-state index in [9.17, 15) is 4.79 Å². The summed E-state index contributed by atoms with van der Waals surface area (Å²) in [5.41, 5.74) is 1.69. The van der Waals surface area contributed by atoms with Gasteiger partial charge in [0.2, 0.25) is 0 Å². The van der Waals surface area contributed by atoms with E-state index >= 15 is 0 Å². The molecule has 0 spiro atoms. The molecule has 1 fully saturated rings. The molecular formula is C20H12BrClN2O2S. The van der Waals surface area contributed by atoms with E-state index in [-0.39, 0.29) is 5.91 Å². The summed E-state index contributed by atoms with van der Waals surface area (Å²) in [5.74, 6) is 1.15. The number of aliphatic imine (C=N–C) groups is 1. The van der Waals surface area contributed by atoms with Crippen LogP contribution in [0.5, 0.6) is 0 Å². The Morgan fingerprint density at radius 1 is 1.04 bits per heavy atom. The summed E-state index contributed by atoms with van der Waals surface area (Å²) < 4.78 is 6.85. The van der Waals surface area contributed by atoms with Gasteiger partial charge in [0.25, 0.3) is 5.91 Å². The molecule has 0 saturated carbocycles. The van der Waals surface area contributed by atoms with E-state index in [1.807, 2.05) is 36.4 Å². The lowest BCUT2D eigenvalue weighted by Gasteiger charge is -1.97. The lowest BCUT2D eigenvalue weighted by atomic mass is 10.2. The quantitative estimate of drug-likeness (QED) is 0.471. The van der Waals surface area contributed by atoms with Crippen molar-refractivity contribution in [1.82, 2.24) is 5.32 Å². The van der Waals surface area contributed by atoms with Crippen LogP contribution in [-0.4, -0.2) is 11.1 Å². The summed E-state index contributed by atoms with van der Waals surface area (Å²) in [5, 5.41) is 3.92. The number of nitrogens with zero attached hydrogens (tertiary/aromatic N) is 1. The summed E-state index contributed by atoms with van der Waals surface area (Å²) in [6.07, 6.45) is 1.72. The number of hydrogen-bond acceptors (Lipinski definition) is 4. The molecule has 0 radical (unpaired) electrons. The molecule has 27 heavy (non-hydrogen) atoms. The molecule has 7 heteroatoms. The highest BCUT2D eigenvalue weighted by Crippen LogP contribution is 2.30. The van der Waals surface area contributed by atoms with Crippen LogP contribution in [0.3, 0.4) is 0 Å². The summed E-state index contributed by atoms with van der Waals surface area (Å²) in [6.45, 7) is 0. The molecule has 1 amide bonds. The number of carbonyl (C=O) groups excluding carboxylic acids is 1. The van der Waals surface area contributed by atoms with E-state index in [1.165, 1.54) is 11.8 Å². The molecule has 2 aromatic carbocycles. The zero-order chi connectivity index (χ0) is 18.8. The molecular weight excluding hydrogens is 448 g/mol. The number of carbonyl (C=O) groups is 1. The third-order valence-electron chi connectivity index (χ3n) is 3.74. The van der Waals surface area contributed by atoms with Crippen molar-refractivity contribution < 1.29 is 9.21 Å². The van der Waals surface area contributed by atoms with Crippen molar-refractivity contribution in [1.29, 1.82) is 0 Å². The van der Waals surface area contributed by atoms with Gasteiger partial charge in [-0.25, -0.2) is 4.99 Å². The zero-order valence-corrected chi connectivity index (χ0v) is 16.9. The summed E-state index contributed by atoms with van der Waals surface area (Å²) in [4.78, 5) is 17.1. The maximum Gasteiger partial charge on any atom is 0.264 e. The number of nitrogens with one attached hydrogen (secondary N) is 1. The fourth-order valence-electron chi connectivity index (χ4n) is 2.44. The Balaban J connectivity index is 1.53. The molecule has 4 rings (SSSR count). The van der Waals surface area contributed by atoms with Crippen molar-refractivity contribution in [3.8, 4) is 11.3 Å². The van der Waals surface area contributed by atoms with Crippen LogP contribution in [0.15, 0.2) is 79.5 Å².